The zero-order valence-electron chi connectivity index (χ0n) is 12.9. The Balaban J connectivity index is 1.78. The average molecular weight is 312 g/mol. The number of morpholine rings is 1. The van der Waals surface area contributed by atoms with Crippen molar-refractivity contribution in [3.05, 3.63) is 59.7 Å². The zero-order chi connectivity index (χ0) is 16.1. The van der Waals surface area contributed by atoms with Crippen LogP contribution in [0.2, 0.25) is 0 Å². The number of hydrogen-bond acceptors (Lipinski definition) is 4. The molecule has 1 fully saturated rings. The normalized spacial score (nSPS) is 14.5. The van der Waals surface area contributed by atoms with Crippen molar-refractivity contribution in [3.63, 3.8) is 0 Å². The minimum atomic E-state index is -0.483. The van der Waals surface area contributed by atoms with Crippen LogP contribution < -0.4 is 15.4 Å². The van der Waals surface area contributed by atoms with Crippen LogP contribution in [0, 0.1) is 0 Å². The van der Waals surface area contributed by atoms with Crippen LogP contribution in [0.25, 0.3) is 0 Å². The first-order chi connectivity index (χ1) is 11.2. The third kappa shape index (κ3) is 3.81. The van der Waals surface area contributed by atoms with Crippen molar-refractivity contribution in [2.24, 2.45) is 5.73 Å². The van der Waals surface area contributed by atoms with E-state index in [1.807, 2.05) is 42.5 Å². The van der Waals surface area contributed by atoms with Gasteiger partial charge >= 0.3 is 0 Å². The van der Waals surface area contributed by atoms with E-state index in [0.29, 0.717) is 31.1 Å². The van der Waals surface area contributed by atoms with Crippen molar-refractivity contribution >= 4 is 11.6 Å². The van der Waals surface area contributed by atoms with Gasteiger partial charge in [-0.25, -0.2) is 0 Å². The summed E-state index contributed by atoms with van der Waals surface area (Å²) in [7, 11) is 0. The number of nitrogens with two attached hydrogens (primary N) is 1. The molecular weight excluding hydrogens is 292 g/mol. The lowest BCUT2D eigenvalue weighted by Crippen LogP contribution is -2.36. The van der Waals surface area contributed by atoms with Crippen LogP contribution in [-0.2, 0) is 11.3 Å². The lowest BCUT2D eigenvalue weighted by Gasteiger charge is -2.29. The second-order valence-electron chi connectivity index (χ2n) is 5.42. The van der Waals surface area contributed by atoms with Crippen LogP contribution >= 0.6 is 0 Å². The standard InChI is InChI=1S/C18H20N2O3/c19-18(21)16-12-15(20-8-10-22-11-9-20)6-7-17(16)23-13-14-4-2-1-3-5-14/h1-7,12H,8-11,13H2,(H2,19,21). The maximum Gasteiger partial charge on any atom is 0.252 e. The SMILES string of the molecule is NC(=O)c1cc(N2CCOCC2)ccc1OCc1ccccc1. The van der Waals surface area contributed by atoms with Crippen molar-refractivity contribution in [1.29, 1.82) is 0 Å². The van der Waals surface area contributed by atoms with Crippen LogP contribution in [0.15, 0.2) is 48.5 Å². The Morgan fingerprint density at radius 2 is 1.87 bits per heavy atom. The molecule has 0 radical (unpaired) electrons. The van der Waals surface area contributed by atoms with Crippen LogP contribution in [0.1, 0.15) is 15.9 Å². The average Bonchev–Trinajstić information content (AvgIpc) is 2.61. The molecule has 1 aliphatic rings. The van der Waals surface area contributed by atoms with E-state index in [0.717, 1.165) is 24.3 Å². The molecule has 120 valence electrons. The molecule has 2 N–H and O–H groups in total. The fourth-order valence-corrected chi connectivity index (χ4v) is 2.59. The molecule has 0 bridgehead atoms. The predicted octanol–water partition coefficient (Wildman–Crippen LogP) is 2.20. The molecule has 1 amide bonds. The molecule has 0 aromatic heterocycles. The second kappa shape index (κ2) is 7.15. The number of carbonyl (C=O) groups is 1. The summed E-state index contributed by atoms with van der Waals surface area (Å²) in [5, 5.41) is 0. The lowest BCUT2D eigenvalue weighted by molar-refractivity contribution is 0.0996. The molecule has 0 spiro atoms. The summed E-state index contributed by atoms with van der Waals surface area (Å²) in [4.78, 5) is 13.9. The molecule has 1 aliphatic heterocycles. The minimum Gasteiger partial charge on any atom is -0.488 e. The van der Waals surface area contributed by atoms with Gasteiger partial charge in [0.25, 0.3) is 5.91 Å². The first kappa shape index (κ1) is 15.4. The third-order valence-electron chi connectivity index (χ3n) is 3.84. The van der Waals surface area contributed by atoms with Crippen LogP contribution in [0.4, 0.5) is 5.69 Å². The summed E-state index contributed by atoms with van der Waals surface area (Å²) in [6.07, 6.45) is 0. The monoisotopic (exact) mass is 312 g/mol. The largest absolute Gasteiger partial charge is 0.488 e. The summed E-state index contributed by atoms with van der Waals surface area (Å²) in [5.74, 6) is 0.0292. The van der Waals surface area contributed by atoms with E-state index in [4.69, 9.17) is 15.2 Å². The van der Waals surface area contributed by atoms with Gasteiger partial charge in [-0.05, 0) is 23.8 Å². The Hall–Kier alpha value is -2.53. The molecule has 1 saturated heterocycles. The van der Waals surface area contributed by atoms with Gasteiger partial charge in [-0.2, -0.15) is 0 Å². The van der Waals surface area contributed by atoms with Crippen LogP contribution in [0.3, 0.4) is 0 Å². The van der Waals surface area contributed by atoms with Gasteiger partial charge in [0.15, 0.2) is 0 Å². The Morgan fingerprint density at radius 3 is 2.57 bits per heavy atom. The highest BCUT2D eigenvalue weighted by atomic mass is 16.5. The van der Waals surface area contributed by atoms with Crippen molar-refractivity contribution in [2.75, 3.05) is 31.2 Å². The molecule has 0 atom stereocenters. The van der Waals surface area contributed by atoms with Gasteiger partial charge in [0.1, 0.15) is 12.4 Å². The van der Waals surface area contributed by atoms with Gasteiger partial charge in [0.05, 0.1) is 18.8 Å². The minimum absolute atomic E-state index is 0.401. The van der Waals surface area contributed by atoms with E-state index in [1.54, 1.807) is 6.07 Å². The summed E-state index contributed by atoms with van der Waals surface area (Å²) in [5.41, 5.74) is 7.94. The third-order valence-corrected chi connectivity index (χ3v) is 3.84. The number of benzene rings is 2. The van der Waals surface area contributed by atoms with E-state index in [2.05, 4.69) is 4.90 Å². The molecular formula is C18H20N2O3. The topological polar surface area (TPSA) is 64.8 Å². The van der Waals surface area contributed by atoms with Gasteiger partial charge in [-0.1, -0.05) is 30.3 Å². The van der Waals surface area contributed by atoms with E-state index in [1.165, 1.54) is 0 Å². The van der Waals surface area contributed by atoms with Crippen molar-refractivity contribution in [1.82, 2.24) is 0 Å². The van der Waals surface area contributed by atoms with Gasteiger partial charge in [-0.15, -0.1) is 0 Å². The Bertz CT molecular complexity index is 667. The molecule has 23 heavy (non-hydrogen) atoms. The number of rotatable bonds is 5. The zero-order valence-corrected chi connectivity index (χ0v) is 12.9. The number of amides is 1. The van der Waals surface area contributed by atoms with E-state index in [-0.39, 0.29) is 0 Å². The number of ether oxygens (including phenoxy) is 2. The molecule has 2 aromatic rings. The molecule has 0 saturated carbocycles. The smallest absolute Gasteiger partial charge is 0.252 e. The Kier molecular flexibility index (Phi) is 4.78. The summed E-state index contributed by atoms with van der Waals surface area (Å²) >= 11 is 0. The Labute approximate surface area is 135 Å². The Morgan fingerprint density at radius 1 is 1.13 bits per heavy atom. The molecule has 5 nitrogen and oxygen atoms in total. The number of anilines is 1. The van der Waals surface area contributed by atoms with E-state index < -0.39 is 5.91 Å². The maximum atomic E-state index is 11.8. The predicted molar refractivity (Wildman–Crippen MR) is 88.8 cm³/mol. The molecule has 5 heteroatoms. The van der Waals surface area contributed by atoms with E-state index >= 15 is 0 Å². The molecule has 3 rings (SSSR count). The number of nitrogens with zero attached hydrogens (tertiary/aromatic N) is 1. The van der Waals surface area contributed by atoms with Gasteiger partial charge in [0.2, 0.25) is 0 Å². The fourth-order valence-electron chi connectivity index (χ4n) is 2.59. The highest BCUT2D eigenvalue weighted by Gasteiger charge is 2.16. The number of hydrogen-bond donors (Lipinski definition) is 1. The van der Waals surface area contributed by atoms with Crippen LogP contribution in [0.5, 0.6) is 5.75 Å². The summed E-state index contributed by atoms with van der Waals surface area (Å²) in [6.45, 7) is 3.40. The van der Waals surface area contributed by atoms with Gasteiger partial charge in [0, 0.05) is 18.8 Å². The lowest BCUT2D eigenvalue weighted by atomic mass is 10.1. The van der Waals surface area contributed by atoms with Gasteiger partial charge < -0.3 is 20.1 Å². The first-order valence-electron chi connectivity index (χ1n) is 7.67. The second-order valence-corrected chi connectivity index (χ2v) is 5.42. The highest BCUT2D eigenvalue weighted by molar-refractivity contribution is 5.96. The van der Waals surface area contributed by atoms with Crippen molar-refractivity contribution in [2.45, 2.75) is 6.61 Å². The fraction of sp³-hybridized carbons (Fsp3) is 0.278. The number of carbonyl (C=O) groups excluding carboxylic acids is 1. The van der Waals surface area contributed by atoms with Crippen molar-refractivity contribution < 1.29 is 14.3 Å². The summed E-state index contributed by atoms with van der Waals surface area (Å²) in [6, 6.07) is 15.4. The first-order valence-corrected chi connectivity index (χ1v) is 7.67. The molecule has 2 aromatic carbocycles. The van der Waals surface area contributed by atoms with Gasteiger partial charge in [-0.3, -0.25) is 4.79 Å². The number of primary amides is 1. The maximum absolute atomic E-state index is 11.8. The van der Waals surface area contributed by atoms with E-state index in [9.17, 15) is 4.79 Å². The molecule has 0 unspecified atom stereocenters. The molecule has 1 heterocycles. The van der Waals surface area contributed by atoms with Crippen molar-refractivity contribution in [3.8, 4) is 5.75 Å². The quantitative estimate of drug-likeness (QED) is 0.919. The molecule has 0 aliphatic carbocycles. The van der Waals surface area contributed by atoms with Crippen LogP contribution in [-0.4, -0.2) is 32.2 Å². The highest BCUT2D eigenvalue weighted by Crippen LogP contribution is 2.26. The summed E-state index contributed by atoms with van der Waals surface area (Å²) < 4.78 is 11.1.